The summed E-state index contributed by atoms with van der Waals surface area (Å²) in [6.07, 6.45) is 3.38. The fourth-order valence-corrected chi connectivity index (χ4v) is 1.26. The quantitative estimate of drug-likeness (QED) is 0.791. The second-order valence-electron chi connectivity index (χ2n) is 3.07. The normalized spacial score (nSPS) is 11.2. The summed E-state index contributed by atoms with van der Waals surface area (Å²) in [6.45, 7) is 0. The van der Waals surface area contributed by atoms with Crippen LogP contribution in [0.5, 0.6) is 0 Å². The van der Waals surface area contributed by atoms with Gasteiger partial charge in [-0.3, -0.25) is 4.79 Å². The molecule has 0 aliphatic heterocycles. The van der Waals surface area contributed by atoms with Crippen LogP contribution in [-0.4, -0.2) is 26.5 Å². The summed E-state index contributed by atoms with van der Waals surface area (Å²) in [6, 6.07) is 5.54. The smallest absolute Gasteiger partial charge is 0.307 e. The maximum Gasteiger partial charge on any atom is 0.307 e. The molecule has 1 heterocycles. The Balaban J connectivity index is 2.21. The average molecular weight is 203 g/mol. The number of aliphatic carboxylic acids is 1. The molecular formula is C10H9N3O2. The lowest BCUT2D eigenvalue weighted by molar-refractivity contribution is -0.135. The van der Waals surface area contributed by atoms with Gasteiger partial charge in [0.05, 0.1) is 6.42 Å². The number of aromatic nitrogens is 3. The van der Waals surface area contributed by atoms with Crippen LogP contribution < -0.4 is 0 Å². The van der Waals surface area contributed by atoms with Gasteiger partial charge in [-0.15, -0.1) is 0 Å². The highest BCUT2D eigenvalue weighted by molar-refractivity contribution is 5.77. The SMILES string of the molecule is O=C(O)CC=Cc1ccc2n[nH]nc2c1. The first-order valence-corrected chi connectivity index (χ1v) is 4.44. The Bertz CT molecular complexity index is 516. The number of nitrogens with zero attached hydrogens (tertiary/aromatic N) is 2. The van der Waals surface area contributed by atoms with Gasteiger partial charge in [0.25, 0.3) is 0 Å². The molecule has 0 fully saturated rings. The summed E-state index contributed by atoms with van der Waals surface area (Å²) in [5.41, 5.74) is 2.48. The van der Waals surface area contributed by atoms with E-state index in [0.29, 0.717) is 0 Å². The van der Waals surface area contributed by atoms with E-state index in [2.05, 4.69) is 15.4 Å². The van der Waals surface area contributed by atoms with Crippen LogP contribution in [0.15, 0.2) is 24.3 Å². The van der Waals surface area contributed by atoms with E-state index in [9.17, 15) is 4.79 Å². The molecule has 2 N–H and O–H groups in total. The van der Waals surface area contributed by atoms with Gasteiger partial charge >= 0.3 is 5.97 Å². The number of benzene rings is 1. The van der Waals surface area contributed by atoms with Crippen molar-refractivity contribution in [2.45, 2.75) is 6.42 Å². The highest BCUT2D eigenvalue weighted by Crippen LogP contribution is 2.11. The Morgan fingerprint density at radius 3 is 3.00 bits per heavy atom. The highest BCUT2D eigenvalue weighted by atomic mass is 16.4. The molecular weight excluding hydrogens is 194 g/mol. The van der Waals surface area contributed by atoms with Crippen LogP contribution in [0.1, 0.15) is 12.0 Å². The van der Waals surface area contributed by atoms with Crippen molar-refractivity contribution in [3.8, 4) is 0 Å². The largest absolute Gasteiger partial charge is 0.481 e. The Labute approximate surface area is 85.4 Å². The molecule has 0 aliphatic rings. The van der Waals surface area contributed by atoms with Crippen molar-refractivity contribution in [3.05, 3.63) is 29.8 Å². The molecule has 0 spiro atoms. The second kappa shape index (κ2) is 3.91. The van der Waals surface area contributed by atoms with Crippen LogP contribution in [0.4, 0.5) is 0 Å². The maximum atomic E-state index is 10.3. The van der Waals surface area contributed by atoms with E-state index in [1.807, 2.05) is 18.2 Å². The number of H-pyrrole nitrogens is 1. The Morgan fingerprint density at radius 2 is 2.20 bits per heavy atom. The van der Waals surface area contributed by atoms with E-state index in [4.69, 9.17) is 5.11 Å². The standard InChI is InChI=1S/C10H9N3O2/c14-10(15)3-1-2-7-4-5-8-9(6-7)12-13-11-8/h1-2,4-6H,3H2,(H,14,15)(H,11,12,13). The summed E-state index contributed by atoms with van der Waals surface area (Å²) >= 11 is 0. The molecule has 15 heavy (non-hydrogen) atoms. The minimum Gasteiger partial charge on any atom is -0.481 e. The summed E-state index contributed by atoms with van der Waals surface area (Å²) in [7, 11) is 0. The lowest BCUT2D eigenvalue weighted by Gasteiger charge is -1.91. The monoisotopic (exact) mass is 203 g/mol. The molecule has 1 aromatic carbocycles. The first kappa shape index (κ1) is 9.39. The van der Waals surface area contributed by atoms with Gasteiger partial charge in [-0.25, -0.2) is 0 Å². The first-order valence-electron chi connectivity index (χ1n) is 4.44. The molecule has 1 aromatic heterocycles. The van der Waals surface area contributed by atoms with Gasteiger partial charge < -0.3 is 5.11 Å². The molecule has 5 heteroatoms. The zero-order valence-electron chi connectivity index (χ0n) is 7.84. The predicted octanol–water partition coefficient (Wildman–Crippen LogP) is 1.45. The molecule has 2 rings (SSSR count). The maximum absolute atomic E-state index is 10.3. The summed E-state index contributed by atoms with van der Waals surface area (Å²) < 4.78 is 0. The number of rotatable bonds is 3. The predicted molar refractivity (Wildman–Crippen MR) is 55.2 cm³/mol. The van der Waals surface area contributed by atoms with E-state index in [0.717, 1.165) is 16.6 Å². The second-order valence-corrected chi connectivity index (χ2v) is 3.07. The van der Waals surface area contributed by atoms with E-state index < -0.39 is 5.97 Å². The van der Waals surface area contributed by atoms with Gasteiger partial charge in [-0.05, 0) is 17.7 Å². The van der Waals surface area contributed by atoms with Crippen molar-refractivity contribution >= 4 is 23.1 Å². The molecule has 0 radical (unpaired) electrons. The van der Waals surface area contributed by atoms with E-state index in [1.54, 1.807) is 12.2 Å². The zero-order chi connectivity index (χ0) is 10.7. The Kier molecular flexibility index (Phi) is 2.45. The lowest BCUT2D eigenvalue weighted by atomic mass is 10.2. The molecule has 0 bridgehead atoms. The molecule has 0 saturated heterocycles. The number of fused-ring (bicyclic) bond motifs is 1. The number of carbonyl (C=O) groups is 1. The number of carboxylic acid groups (broad SMARTS) is 1. The van der Waals surface area contributed by atoms with Gasteiger partial charge in [0.1, 0.15) is 11.0 Å². The van der Waals surface area contributed by atoms with Crippen molar-refractivity contribution in [2.75, 3.05) is 0 Å². The van der Waals surface area contributed by atoms with E-state index >= 15 is 0 Å². The Morgan fingerprint density at radius 1 is 1.40 bits per heavy atom. The van der Waals surface area contributed by atoms with Crippen LogP contribution >= 0.6 is 0 Å². The number of hydrogen-bond donors (Lipinski definition) is 2. The summed E-state index contributed by atoms with van der Waals surface area (Å²) in [5, 5.41) is 18.8. The third kappa shape index (κ3) is 2.19. The molecule has 0 atom stereocenters. The minimum atomic E-state index is -0.839. The molecule has 0 amide bonds. The van der Waals surface area contributed by atoms with Crippen molar-refractivity contribution in [3.63, 3.8) is 0 Å². The average Bonchev–Trinajstić information content (AvgIpc) is 2.64. The van der Waals surface area contributed by atoms with Crippen molar-refractivity contribution in [1.82, 2.24) is 15.4 Å². The van der Waals surface area contributed by atoms with Crippen LogP contribution in [0.25, 0.3) is 17.1 Å². The topological polar surface area (TPSA) is 78.9 Å². The van der Waals surface area contributed by atoms with Gasteiger partial charge in [-0.2, -0.15) is 15.4 Å². The fraction of sp³-hybridized carbons (Fsp3) is 0.100. The van der Waals surface area contributed by atoms with Crippen molar-refractivity contribution in [2.24, 2.45) is 0 Å². The first-order chi connectivity index (χ1) is 7.25. The van der Waals surface area contributed by atoms with Gasteiger partial charge in [0, 0.05) is 0 Å². The molecule has 0 saturated carbocycles. The van der Waals surface area contributed by atoms with Crippen molar-refractivity contribution < 1.29 is 9.90 Å². The number of aromatic amines is 1. The number of hydrogen-bond acceptors (Lipinski definition) is 3. The van der Waals surface area contributed by atoms with Gasteiger partial charge in [-0.1, -0.05) is 18.2 Å². The van der Waals surface area contributed by atoms with Crippen LogP contribution in [0.3, 0.4) is 0 Å². The Hall–Kier alpha value is -2.17. The van der Waals surface area contributed by atoms with Gasteiger partial charge in [0.15, 0.2) is 0 Å². The number of carboxylic acids is 1. The third-order valence-corrected chi connectivity index (χ3v) is 1.94. The molecule has 2 aromatic rings. The van der Waals surface area contributed by atoms with Crippen molar-refractivity contribution in [1.29, 1.82) is 0 Å². The molecule has 0 aliphatic carbocycles. The molecule has 0 unspecified atom stereocenters. The minimum absolute atomic E-state index is 0.0247. The fourth-order valence-electron chi connectivity index (χ4n) is 1.26. The number of nitrogens with one attached hydrogen (secondary N) is 1. The van der Waals surface area contributed by atoms with Crippen LogP contribution in [0, 0.1) is 0 Å². The lowest BCUT2D eigenvalue weighted by Crippen LogP contribution is -1.89. The third-order valence-electron chi connectivity index (χ3n) is 1.94. The summed E-state index contributed by atoms with van der Waals surface area (Å²) in [4.78, 5) is 10.3. The molecule has 76 valence electrons. The van der Waals surface area contributed by atoms with Crippen LogP contribution in [-0.2, 0) is 4.79 Å². The highest BCUT2D eigenvalue weighted by Gasteiger charge is 1.97. The molecule has 5 nitrogen and oxygen atoms in total. The zero-order valence-corrected chi connectivity index (χ0v) is 7.84. The summed E-state index contributed by atoms with van der Waals surface area (Å²) in [5.74, 6) is -0.839. The van der Waals surface area contributed by atoms with Gasteiger partial charge in [0.2, 0.25) is 0 Å². The van der Waals surface area contributed by atoms with E-state index in [-0.39, 0.29) is 6.42 Å². The van der Waals surface area contributed by atoms with E-state index in [1.165, 1.54) is 0 Å². The van der Waals surface area contributed by atoms with Crippen LogP contribution in [0.2, 0.25) is 0 Å².